The summed E-state index contributed by atoms with van der Waals surface area (Å²) < 4.78 is 5.55. The zero-order chi connectivity index (χ0) is 13.7. The minimum absolute atomic E-state index is 0.130. The highest BCUT2D eigenvalue weighted by Crippen LogP contribution is 2.14. The SMILES string of the molecule is CCN(CC1CCCO1)C(=O)c1ccc(NN)nn1. The quantitative estimate of drug-likeness (QED) is 0.591. The van der Waals surface area contributed by atoms with Gasteiger partial charge in [-0.05, 0) is 31.9 Å². The second-order valence-electron chi connectivity index (χ2n) is 4.43. The van der Waals surface area contributed by atoms with Crippen LogP contribution < -0.4 is 11.3 Å². The van der Waals surface area contributed by atoms with Gasteiger partial charge in [-0.3, -0.25) is 4.79 Å². The number of nitrogens with zero attached hydrogens (tertiary/aromatic N) is 3. The number of aromatic nitrogens is 2. The molecule has 0 radical (unpaired) electrons. The number of nitrogens with two attached hydrogens (primary N) is 1. The van der Waals surface area contributed by atoms with Crippen LogP contribution in [0.25, 0.3) is 0 Å². The Morgan fingerprint density at radius 3 is 2.95 bits per heavy atom. The molecule has 104 valence electrons. The number of ether oxygens (including phenoxy) is 1. The molecule has 1 aliphatic rings. The van der Waals surface area contributed by atoms with Gasteiger partial charge in [0.2, 0.25) is 0 Å². The first-order valence-corrected chi connectivity index (χ1v) is 6.45. The van der Waals surface area contributed by atoms with Crippen molar-refractivity contribution in [1.82, 2.24) is 15.1 Å². The van der Waals surface area contributed by atoms with Crippen LogP contribution >= 0.6 is 0 Å². The Morgan fingerprint density at radius 2 is 2.42 bits per heavy atom. The van der Waals surface area contributed by atoms with Crippen molar-refractivity contribution in [2.75, 3.05) is 25.1 Å². The van der Waals surface area contributed by atoms with Crippen LogP contribution in [0.3, 0.4) is 0 Å². The molecule has 1 aliphatic heterocycles. The van der Waals surface area contributed by atoms with E-state index in [1.807, 2.05) is 6.92 Å². The Labute approximate surface area is 112 Å². The molecule has 7 heteroatoms. The summed E-state index contributed by atoms with van der Waals surface area (Å²) in [5.74, 6) is 5.51. The number of hydrogen-bond donors (Lipinski definition) is 2. The minimum atomic E-state index is -0.130. The van der Waals surface area contributed by atoms with E-state index in [-0.39, 0.29) is 12.0 Å². The lowest BCUT2D eigenvalue weighted by Crippen LogP contribution is -2.37. The summed E-state index contributed by atoms with van der Waals surface area (Å²) in [5.41, 5.74) is 2.69. The summed E-state index contributed by atoms with van der Waals surface area (Å²) in [7, 11) is 0. The fourth-order valence-corrected chi connectivity index (χ4v) is 2.08. The van der Waals surface area contributed by atoms with E-state index in [0.29, 0.717) is 24.6 Å². The number of hydrazine groups is 1. The highest BCUT2D eigenvalue weighted by Gasteiger charge is 2.23. The zero-order valence-corrected chi connectivity index (χ0v) is 11.0. The van der Waals surface area contributed by atoms with E-state index in [9.17, 15) is 4.79 Å². The Hall–Kier alpha value is -1.73. The molecule has 0 bridgehead atoms. The van der Waals surface area contributed by atoms with Gasteiger partial charge in [-0.1, -0.05) is 0 Å². The molecule has 0 aliphatic carbocycles. The molecule has 1 aromatic heterocycles. The first kappa shape index (κ1) is 13.7. The minimum Gasteiger partial charge on any atom is -0.376 e. The van der Waals surface area contributed by atoms with Gasteiger partial charge in [0, 0.05) is 19.7 Å². The van der Waals surface area contributed by atoms with Crippen molar-refractivity contribution >= 4 is 11.7 Å². The maximum atomic E-state index is 12.3. The van der Waals surface area contributed by atoms with Crippen LogP contribution in [-0.4, -0.2) is 46.8 Å². The van der Waals surface area contributed by atoms with Gasteiger partial charge in [-0.2, -0.15) is 0 Å². The van der Waals surface area contributed by atoms with E-state index in [1.54, 1.807) is 17.0 Å². The number of hydrogen-bond acceptors (Lipinski definition) is 6. The van der Waals surface area contributed by atoms with Gasteiger partial charge in [-0.15, -0.1) is 10.2 Å². The lowest BCUT2D eigenvalue weighted by Gasteiger charge is -2.23. The van der Waals surface area contributed by atoms with Gasteiger partial charge in [0.15, 0.2) is 11.5 Å². The van der Waals surface area contributed by atoms with Gasteiger partial charge in [0.25, 0.3) is 5.91 Å². The highest BCUT2D eigenvalue weighted by atomic mass is 16.5. The summed E-state index contributed by atoms with van der Waals surface area (Å²) in [6, 6.07) is 3.24. The van der Waals surface area contributed by atoms with E-state index in [1.165, 1.54) is 0 Å². The Bertz CT molecular complexity index is 417. The van der Waals surface area contributed by atoms with Crippen molar-refractivity contribution < 1.29 is 9.53 Å². The third kappa shape index (κ3) is 3.39. The number of amides is 1. The van der Waals surface area contributed by atoms with Crippen LogP contribution in [-0.2, 0) is 4.74 Å². The van der Waals surface area contributed by atoms with Crippen LogP contribution in [0.5, 0.6) is 0 Å². The summed E-state index contributed by atoms with van der Waals surface area (Å²) in [6.45, 7) is 3.95. The van der Waals surface area contributed by atoms with E-state index in [0.717, 1.165) is 19.4 Å². The van der Waals surface area contributed by atoms with Crippen molar-refractivity contribution in [3.63, 3.8) is 0 Å². The summed E-state index contributed by atoms with van der Waals surface area (Å²) >= 11 is 0. The molecule has 19 heavy (non-hydrogen) atoms. The molecule has 1 unspecified atom stereocenters. The van der Waals surface area contributed by atoms with Crippen molar-refractivity contribution in [1.29, 1.82) is 0 Å². The van der Waals surface area contributed by atoms with Crippen LogP contribution in [0.2, 0.25) is 0 Å². The molecule has 3 N–H and O–H groups in total. The number of carbonyl (C=O) groups is 1. The third-order valence-electron chi connectivity index (χ3n) is 3.15. The predicted octanol–water partition coefficient (Wildman–Crippen LogP) is 0.403. The zero-order valence-electron chi connectivity index (χ0n) is 11.0. The standard InChI is InChI=1S/C12H19N5O2/c1-2-17(8-9-4-3-7-19-9)12(18)10-5-6-11(14-13)16-15-10/h5-6,9H,2-4,7-8,13H2,1H3,(H,14,16). The second kappa shape index (κ2) is 6.44. The second-order valence-corrected chi connectivity index (χ2v) is 4.43. The number of rotatable bonds is 5. The van der Waals surface area contributed by atoms with Crippen molar-refractivity contribution in [2.45, 2.75) is 25.9 Å². The number of carbonyl (C=O) groups excluding carboxylic acids is 1. The van der Waals surface area contributed by atoms with Gasteiger partial charge in [0.05, 0.1) is 6.10 Å². The lowest BCUT2D eigenvalue weighted by atomic mass is 10.2. The molecule has 0 saturated carbocycles. The summed E-state index contributed by atoms with van der Waals surface area (Å²) in [6.07, 6.45) is 2.21. The summed E-state index contributed by atoms with van der Waals surface area (Å²) in [5, 5.41) is 7.67. The average Bonchev–Trinajstić information content (AvgIpc) is 2.97. The van der Waals surface area contributed by atoms with Crippen LogP contribution in [0, 0.1) is 0 Å². The van der Waals surface area contributed by atoms with Crippen molar-refractivity contribution in [3.05, 3.63) is 17.8 Å². The van der Waals surface area contributed by atoms with Crippen LogP contribution in [0.4, 0.5) is 5.82 Å². The van der Waals surface area contributed by atoms with E-state index < -0.39 is 0 Å². The molecule has 1 saturated heterocycles. The maximum absolute atomic E-state index is 12.3. The molecule has 0 spiro atoms. The van der Waals surface area contributed by atoms with Crippen LogP contribution in [0.15, 0.2) is 12.1 Å². The van der Waals surface area contributed by atoms with Gasteiger partial charge < -0.3 is 15.1 Å². The molecule has 1 fully saturated rings. The van der Waals surface area contributed by atoms with Gasteiger partial charge in [-0.25, -0.2) is 5.84 Å². The number of nitrogens with one attached hydrogen (secondary N) is 1. The Morgan fingerprint density at radius 1 is 1.58 bits per heavy atom. The molecule has 2 heterocycles. The van der Waals surface area contributed by atoms with Crippen molar-refractivity contribution in [2.24, 2.45) is 5.84 Å². The smallest absolute Gasteiger partial charge is 0.274 e. The third-order valence-corrected chi connectivity index (χ3v) is 3.15. The van der Waals surface area contributed by atoms with E-state index >= 15 is 0 Å². The number of likely N-dealkylation sites (N-methyl/N-ethyl adjacent to an activating group) is 1. The first-order chi connectivity index (χ1) is 9.24. The molecular formula is C12H19N5O2. The van der Waals surface area contributed by atoms with Crippen LogP contribution in [0.1, 0.15) is 30.3 Å². The topological polar surface area (TPSA) is 93.4 Å². The molecule has 1 atom stereocenters. The summed E-state index contributed by atoms with van der Waals surface area (Å²) in [4.78, 5) is 14.0. The van der Waals surface area contributed by atoms with E-state index in [2.05, 4.69) is 15.6 Å². The highest BCUT2D eigenvalue weighted by molar-refractivity contribution is 5.92. The molecule has 2 rings (SSSR count). The number of anilines is 1. The maximum Gasteiger partial charge on any atom is 0.274 e. The molecular weight excluding hydrogens is 246 g/mol. The molecule has 1 aromatic rings. The molecule has 7 nitrogen and oxygen atoms in total. The monoisotopic (exact) mass is 265 g/mol. The van der Waals surface area contributed by atoms with Gasteiger partial charge in [0.1, 0.15) is 0 Å². The Kier molecular flexibility index (Phi) is 4.64. The fraction of sp³-hybridized carbons (Fsp3) is 0.583. The Balaban J connectivity index is 2.01. The predicted molar refractivity (Wildman–Crippen MR) is 70.4 cm³/mol. The average molecular weight is 265 g/mol. The largest absolute Gasteiger partial charge is 0.376 e. The number of nitrogen functional groups attached to an aromatic ring is 1. The first-order valence-electron chi connectivity index (χ1n) is 6.45. The lowest BCUT2D eigenvalue weighted by molar-refractivity contribution is 0.0534. The fourth-order valence-electron chi connectivity index (χ4n) is 2.08. The molecule has 1 amide bonds. The van der Waals surface area contributed by atoms with Crippen molar-refractivity contribution in [3.8, 4) is 0 Å². The van der Waals surface area contributed by atoms with E-state index in [4.69, 9.17) is 10.6 Å². The normalized spacial score (nSPS) is 18.3. The molecule has 0 aromatic carbocycles. The van der Waals surface area contributed by atoms with Gasteiger partial charge >= 0.3 is 0 Å².